The van der Waals surface area contributed by atoms with Gasteiger partial charge in [-0.3, -0.25) is 19.4 Å². The zero-order valence-corrected chi connectivity index (χ0v) is 14.7. The molecule has 2 atom stereocenters. The summed E-state index contributed by atoms with van der Waals surface area (Å²) in [6.07, 6.45) is 3.45. The molecule has 2 aromatic rings. The minimum Gasteiger partial charge on any atom is -0.347 e. The van der Waals surface area contributed by atoms with Gasteiger partial charge in [-0.1, -0.05) is 18.2 Å². The van der Waals surface area contributed by atoms with Gasteiger partial charge in [-0.05, 0) is 30.7 Å². The number of amides is 3. The Bertz CT molecular complexity index is 813. The molecule has 0 spiro atoms. The van der Waals surface area contributed by atoms with E-state index in [2.05, 4.69) is 15.6 Å². The van der Waals surface area contributed by atoms with Crippen molar-refractivity contribution in [3.63, 3.8) is 0 Å². The van der Waals surface area contributed by atoms with Crippen LogP contribution in [0.4, 0.5) is 5.69 Å². The fourth-order valence-corrected chi connectivity index (χ4v) is 3.10. The Balaban J connectivity index is 1.69. The van der Waals surface area contributed by atoms with Gasteiger partial charge in [-0.2, -0.15) is 0 Å². The number of nitrogens with zero attached hydrogens (tertiary/aromatic N) is 2. The van der Waals surface area contributed by atoms with Crippen LogP contribution < -0.4 is 16.4 Å². The lowest BCUT2D eigenvalue weighted by molar-refractivity contribution is -0.135. The van der Waals surface area contributed by atoms with Gasteiger partial charge in [0.25, 0.3) is 5.91 Å². The van der Waals surface area contributed by atoms with Crippen LogP contribution in [0.5, 0.6) is 0 Å². The van der Waals surface area contributed by atoms with Crippen molar-refractivity contribution < 1.29 is 14.4 Å². The van der Waals surface area contributed by atoms with Crippen LogP contribution in [-0.2, 0) is 9.59 Å². The lowest BCUT2D eigenvalue weighted by Crippen LogP contribution is -2.46. The van der Waals surface area contributed by atoms with Crippen molar-refractivity contribution in [3.05, 3.63) is 60.4 Å². The van der Waals surface area contributed by atoms with Crippen LogP contribution >= 0.6 is 0 Å². The molecule has 8 heteroatoms. The third-order valence-corrected chi connectivity index (χ3v) is 4.42. The number of hydrogen-bond acceptors (Lipinski definition) is 5. The smallest absolute Gasteiger partial charge is 0.251 e. The molecule has 0 radical (unpaired) electrons. The zero-order valence-electron chi connectivity index (χ0n) is 14.7. The van der Waals surface area contributed by atoms with Gasteiger partial charge in [0.15, 0.2) is 0 Å². The van der Waals surface area contributed by atoms with Crippen LogP contribution in [0.2, 0.25) is 0 Å². The van der Waals surface area contributed by atoms with Gasteiger partial charge in [-0.15, -0.1) is 0 Å². The van der Waals surface area contributed by atoms with Crippen molar-refractivity contribution in [2.45, 2.75) is 18.5 Å². The summed E-state index contributed by atoms with van der Waals surface area (Å²) in [6, 6.07) is 11.1. The Labute approximate surface area is 156 Å². The second-order valence-corrected chi connectivity index (χ2v) is 6.26. The number of nitrogens with one attached hydrogen (secondary N) is 2. The van der Waals surface area contributed by atoms with E-state index in [0.717, 1.165) is 0 Å². The molecule has 3 rings (SSSR count). The third kappa shape index (κ3) is 4.48. The Morgan fingerprint density at radius 2 is 1.81 bits per heavy atom. The lowest BCUT2D eigenvalue weighted by atomic mass is 10.1. The number of benzene rings is 1. The highest BCUT2D eigenvalue weighted by molar-refractivity contribution is 5.98. The molecular formula is C19H21N5O3. The van der Waals surface area contributed by atoms with Crippen LogP contribution in [-0.4, -0.2) is 52.8 Å². The fourth-order valence-electron chi connectivity index (χ4n) is 3.10. The van der Waals surface area contributed by atoms with Crippen molar-refractivity contribution in [1.82, 2.24) is 15.2 Å². The van der Waals surface area contributed by atoms with Crippen LogP contribution in [0.3, 0.4) is 0 Å². The summed E-state index contributed by atoms with van der Waals surface area (Å²) in [5.74, 6) is -0.892. The first-order valence-electron chi connectivity index (χ1n) is 8.65. The summed E-state index contributed by atoms with van der Waals surface area (Å²) in [4.78, 5) is 42.5. The van der Waals surface area contributed by atoms with Crippen molar-refractivity contribution in [2.24, 2.45) is 5.73 Å². The number of carbonyl (C=O) groups excluding carboxylic acids is 3. The maximum Gasteiger partial charge on any atom is 0.251 e. The quantitative estimate of drug-likeness (QED) is 0.706. The van der Waals surface area contributed by atoms with E-state index < -0.39 is 6.04 Å². The van der Waals surface area contributed by atoms with Crippen LogP contribution in [0.25, 0.3) is 0 Å². The van der Waals surface area contributed by atoms with E-state index in [-0.39, 0.29) is 36.9 Å². The molecule has 3 amide bonds. The Morgan fingerprint density at radius 3 is 2.48 bits per heavy atom. The molecule has 1 aliphatic heterocycles. The summed E-state index contributed by atoms with van der Waals surface area (Å²) in [7, 11) is 0. The molecule has 8 nitrogen and oxygen atoms in total. The summed E-state index contributed by atoms with van der Waals surface area (Å²) >= 11 is 0. The number of hydrogen-bond donors (Lipinski definition) is 3. The average molecular weight is 367 g/mol. The number of aromatic nitrogens is 1. The first-order valence-corrected chi connectivity index (χ1v) is 8.65. The topological polar surface area (TPSA) is 117 Å². The van der Waals surface area contributed by atoms with Gasteiger partial charge in [0, 0.05) is 36.2 Å². The Hall–Kier alpha value is -3.26. The van der Waals surface area contributed by atoms with Gasteiger partial charge in [0.05, 0.1) is 6.54 Å². The Kier molecular flexibility index (Phi) is 5.77. The molecule has 1 saturated heterocycles. The maximum atomic E-state index is 12.7. The molecule has 1 fully saturated rings. The van der Waals surface area contributed by atoms with Crippen molar-refractivity contribution >= 4 is 23.4 Å². The van der Waals surface area contributed by atoms with E-state index >= 15 is 0 Å². The largest absolute Gasteiger partial charge is 0.347 e. The molecule has 1 aliphatic rings. The molecule has 0 bridgehead atoms. The number of carbonyl (C=O) groups is 3. The average Bonchev–Trinajstić information content (AvgIpc) is 3.12. The zero-order chi connectivity index (χ0) is 19.2. The number of rotatable bonds is 5. The highest BCUT2D eigenvalue weighted by Gasteiger charge is 2.39. The molecule has 2 heterocycles. The minimum atomic E-state index is -0.699. The fraction of sp³-hybridized carbons (Fsp3) is 0.263. The van der Waals surface area contributed by atoms with Gasteiger partial charge in [0.2, 0.25) is 11.8 Å². The Morgan fingerprint density at radius 1 is 1.11 bits per heavy atom. The molecule has 0 saturated carbocycles. The summed E-state index contributed by atoms with van der Waals surface area (Å²) in [6.45, 7) is 0.0431. The monoisotopic (exact) mass is 367 g/mol. The number of anilines is 1. The van der Waals surface area contributed by atoms with Crippen molar-refractivity contribution in [2.75, 3.05) is 18.4 Å². The number of nitrogens with two attached hydrogens (primary N) is 1. The van der Waals surface area contributed by atoms with Crippen LogP contribution in [0, 0.1) is 0 Å². The molecule has 1 aromatic heterocycles. The second kappa shape index (κ2) is 8.41. The molecule has 27 heavy (non-hydrogen) atoms. The van der Waals surface area contributed by atoms with E-state index in [1.165, 1.54) is 4.90 Å². The second-order valence-electron chi connectivity index (χ2n) is 6.26. The normalized spacial score (nSPS) is 18.8. The minimum absolute atomic E-state index is 0.196. The van der Waals surface area contributed by atoms with E-state index in [4.69, 9.17) is 5.73 Å². The molecule has 0 aliphatic carbocycles. The van der Waals surface area contributed by atoms with Gasteiger partial charge in [0.1, 0.15) is 6.04 Å². The predicted molar refractivity (Wildman–Crippen MR) is 99.7 cm³/mol. The summed E-state index contributed by atoms with van der Waals surface area (Å²) in [5.41, 5.74) is 6.60. The van der Waals surface area contributed by atoms with E-state index in [0.29, 0.717) is 17.7 Å². The maximum absolute atomic E-state index is 12.7. The van der Waals surface area contributed by atoms with E-state index in [1.807, 2.05) is 6.07 Å². The summed E-state index contributed by atoms with van der Waals surface area (Å²) < 4.78 is 0. The highest BCUT2D eigenvalue weighted by Crippen LogP contribution is 2.20. The molecule has 4 N–H and O–H groups in total. The molecule has 1 aromatic carbocycles. The van der Waals surface area contributed by atoms with Crippen molar-refractivity contribution in [3.8, 4) is 0 Å². The van der Waals surface area contributed by atoms with Gasteiger partial charge >= 0.3 is 0 Å². The SMILES string of the molecule is NCC(=O)N1C[C@H](NC(=O)c2ccccc2)C[C@H]1C(=O)Nc1ccncc1. The number of likely N-dealkylation sites (tertiary alicyclic amines) is 1. The van der Waals surface area contributed by atoms with Gasteiger partial charge < -0.3 is 21.3 Å². The molecule has 140 valence electrons. The predicted octanol–water partition coefficient (Wildman–Crippen LogP) is 0.378. The van der Waals surface area contributed by atoms with Crippen LogP contribution in [0.15, 0.2) is 54.9 Å². The summed E-state index contributed by atoms with van der Waals surface area (Å²) in [5, 5.41) is 5.66. The number of pyridine rings is 1. The lowest BCUT2D eigenvalue weighted by Gasteiger charge is -2.23. The van der Waals surface area contributed by atoms with Gasteiger partial charge in [-0.25, -0.2) is 0 Å². The highest BCUT2D eigenvalue weighted by atomic mass is 16.2. The first-order chi connectivity index (χ1) is 13.1. The van der Waals surface area contributed by atoms with E-state index in [9.17, 15) is 14.4 Å². The molecular weight excluding hydrogens is 346 g/mol. The third-order valence-electron chi connectivity index (χ3n) is 4.42. The molecule has 0 unspecified atom stereocenters. The van der Waals surface area contributed by atoms with Crippen LogP contribution in [0.1, 0.15) is 16.8 Å². The standard InChI is InChI=1S/C19H21N5O3/c20-11-17(25)24-12-15(23-18(26)13-4-2-1-3-5-13)10-16(24)19(27)22-14-6-8-21-9-7-14/h1-9,15-16H,10-12,20H2,(H,23,26)(H,21,22,27)/t15-,16+/m1/s1. The first kappa shape index (κ1) is 18.5. The van der Waals surface area contributed by atoms with Crippen molar-refractivity contribution in [1.29, 1.82) is 0 Å². The van der Waals surface area contributed by atoms with E-state index in [1.54, 1.807) is 48.8 Å².